The second kappa shape index (κ2) is 11.0. The van der Waals surface area contributed by atoms with Crippen molar-refractivity contribution in [1.29, 1.82) is 0 Å². The van der Waals surface area contributed by atoms with Crippen molar-refractivity contribution in [2.45, 2.75) is 33.2 Å². The molecule has 3 amide bonds. The number of fused-ring (bicyclic) bond motifs is 2. The average molecular weight is 540 g/mol. The Morgan fingerprint density at radius 3 is 2.38 bits per heavy atom. The van der Waals surface area contributed by atoms with Crippen molar-refractivity contribution in [2.75, 3.05) is 19.0 Å². The summed E-state index contributed by atoms with van der Waals surface area (Å²) in [5.74, 6) is -0.482. The van der Waals surface area contributed by atoms with Crippen molar-refractivity contribution < 1.29 is 19.1 Å². The van der Waals surface area contributed by atoms with E-state index in [0.717, 1.165) is 38.5 Å². The molecule has 4 aromatic rings. The number of aryl methyl sites for hydroxylation is 2. The highest BCUT2D eigenvalue weighted by molar-refractivity contribution is 6.23. The highest BCUT2D eigenvalue weighted by atomic mass is 16.5. The van der Waals surface area contributed by atoms with E-state index in [1.165, 1.54) is 6.92 Å². The van der Waals surface area contributed by atoms with Gasteiger partial charge in [0, 0.05) is 35.0 Å². The van der Waals surface area contributed by atoms with Crippen LogP contribution in [0.1, 0.15) is 44.6 Å². The summed E-state index contributed by atoms with van der Waals surface area (Å²) in [5, 5.41) is 6.74. The van der Waals surface area contributed by atoms with Crippen LogP contribution in [0.25, 0.3) is 10.9 Å². The van der Waals surface area contributed by atoms with Gasteiger partial charge in [0.2, 0.25) is 17.8 Å². The molecule has 5 rings (SSSR count). The molecule has 0 saturated carbocycles. The molecule has 204 valence electrons. The van der Waals surface area contributed by atoms with Gasteiger partial charge in [-0.1, -0.05) is 12.1 Å². The largest absolute Gasteiger partial charge is 0.497 e. The number of methoxy groups -OCH3 is 1. The van der Waals surface area contributed by atoms with Crippen LogP contribution in [-0.2, 0) is 11.2 Å². The topological polar surface area (TPSA) is 142 Å². The van der Waals surface area contributed by atoms with E-state index < -0.39 is 23.8 Å². The lowest BCUT2D eigenvalue weighted by Crippen LogP contribution is -2.50. The number of nitrogens with zero attached hydrogens (tertiary/aromatic N) is 4. The molecule has 0 unspecified atom stereocenters. The molecule has 2 aromatic carbocycles. The number of carbonyl (C=O) groups is 3. The third-order valence-corrected chi connectivity index (χ3v) is 6.67. The number of benzene rings is 2. The van der Waals surface area contributed by atoms with E-state index >= 15 is 0 Å². The molecule has 0 bridgehead atoms. The minimum absolute atomic E-state index is 0.107. The van der Waals surface area contributed by atoms with Crippen molar-refractivity contribution >= 4 is 40.5 Å². The lowest BCUT2D eigenvalue weighted by molar-refractivity contribution is -0.123. The number of aliphatic imine (C=N–C) groups is 1. The molecule has 1 atom stereocenters. The van der Waals surface area contributed by atoms with E-state index in [2.05, 4.69) is 30.6 Å². The fourth-order valence-corrected chi connectivity index (χ4v) is 4.68. The molecule has 11 heteroatoms. The summed E-state index contributed by atoms with van der Waals surface area (Å²) in [6, 6.07) is 13.1. The third-order valence-electron chi connectivity index (χ3n) is 6.67. The van der Waals surface area contributed by atoms with Gasteiger partial charge in [-0.3, -0.25) is 34.9 Å². The van der Waals surface area contributed by atoms with Crippen LogP contribution in [-0.4, -0.2) is 63.2 Å². The van der Waals surface area contributed by atoms with Crippen LogP contribution in [0.4, 0.5) is 5.95 Å². The Labute approximate surface area is 230 Å². The van der Waals surface area contributed by atoms with E-state index in [0.29, 0.717) is 13.0 Å². The summed E-state index contributed by atoms with van der Waals surface area (Å²) in [6.07, 6.45) is 2.48. The van der Waals surface area contributed by atoms with Crippen LogP contribution in [0.15, 0.2) is 59.7 Å². The van der Waals surface area contributed by atoms with Crippen molar-refractivity contribution in [3.8, 4) is 5.75 Å². The second-order valence-corrected chi connectivity index (χ2v) is 9.50. The maximum Gasteiger partial charge on any atom is 0.262 e. The quantitative estimate of drug-likeness (QED) is 0.186. The average Bonchev–Trinajstić information content (AvgIpc) is 3.45. The standard InChI is InChI=1S/C29H29N7O4/c1-16-13-17(2)33-29(32-16)35-28(30-12-11-19-15-31-24-10-9-20(40-4)14-23(19)24)34-25(37)18(3)36-26(38)21-7-5-6-8-22(21)27(36)39/h5-10,13-15,18,31H,11-12H2,1-4H3,(H2,30,32,33,34,35,37)/t18-/m1/s1. The van der Waals surface area contributed by atoms with Crippen LogP contribution in [0.2, 0.25) is 0 Å². The molecule has 11 nitrogen and oxygen atoms in total. The first-order valence-electron chi connectivity index (χ1n) is 12.8. The van der Waals surface area contributed by atoms with Crippen LogP contribution in [0.3, 0.4) is 0 Å². The van der Waals surface area contributed by atoms with Gasteiger partial charge in [0.15, 0.2) is 0 Å². The summed E-state index contributed by atoms with van der Waals surface area (Å²) < 4.78 is 5.35. The molecule has 2 aromatic heterocycles. The number of aromatic nitrogens is 3. The van der Waals surface area contributed by atoms with Gasteiger partial charge in [0.25, 0.3) is 11.8 Å². The number of rotatable bonds is 7. The molecule has 0 fully saturated rings. The number of aromatic amines is 1. The molecule has 0 saturated heterocycles. The lowest BCUT2D eigenvalue weighted by Gasteiger charge is -2.22. The predicted octanol–water partition coefficient (Wildman–Crippen LogP) is 3.39. The van der Waals surface area contributed by atoms with Gasteiger partial charge in [0.05, 0.1) is 18.2 Å². The van der Waals surface area contributed by atoms with Gasteiger partial charge in [-0.15, -0.1) is 0 Å². The number of ether oxygens (including phenoxy) is 1. The Morgan fingerprint density at radius 1 is 1.05 bits per heavy atom. The molecule has 1 aliphatic rings. The number of nitrogens with one attached hydrogen (secondary N) is 3. The molecular formula is C29H29N7O4. The minimum atomic E-state index is -1.08. The first-order chi connectivity index (χ1) is 19.2. The predicted molar refractivity (Wildman–Crippen MR) is 151 cm³/mol. The first-order valence-corrected chi connectivity index (χ1v) is 12.8. The summed E-state index contributed by atoms with van der Waals surface area (Å²) in [4.78, 5) is 56.7. The zero-order chi connectivity index (χ0) is 28.4. The van der Waals surface area contributed by atoms with Gasteiger partial charge < -0.3 is 9.72 Å². The Hall–Kier alpha value is -5.06. The van der Waals surface area contributed by atoms with Crippen LogP contribution >= 0.6 is 0 Å². The molecule has 0 aliphatic carbocycles. The normalized spacial score (nSPS) is 13.9. The second-order valence-electron chi connectivity index (χ2n) is 9.50. The number of amides is 3. The van der Waals surface area contributed by atoms with Crippen molar-refractivity contribution in [3.63, 3.8) is 0 Å². The molecule has 0 spiro atoms. The van der Waals surface area contributed by atoms with E-state index in [-0.39, 0.29) is 23.0 Å². The fourth-order valence-electron chi connectivity index (χ4n) is 4.68. The smallest absolute Gasteiger partial charge is 0.262 e. The Bertz CT molecular complexity index is 1600. The van der Waals surface area contributed by atoms with Gasteiger partial charge in [-0.2, -0.15) is 0 Å². The molecule has 3 N–H and O–H groups in total. The number of imide groups is 1. The third kappa shape index (κ3) is 5.26. The molecule has 40 heavy (non-hydrogen) atoms. The van der Waals surface area contributed by atoms with Crippen molar-refractivity contribution in [1.82, 2.24) is 25.2 Å². The summed E-state index contributed by atoms with van der Waals surface area (Å²) in [6.45, 7) is 5.50. The Balaban J connectivity index is 1.36. The zero-order valence-corrected chi connectivity index (χ0v) is 22.6. The number of guanidine groups is 1. The van der Waals surface area contributed by atoms with Crippen molar-refractivity contribution in [3.05, 3.63) is 82.8 Å². The van der Waals surface area contributed by atoms with E-state index in [1.54, 1.807) is 31.4 Å². The minimum Gasteiger partial charge on any atom is -0.497 e. The highest BCUT2D eigenvalue weighted by Crippen LogP contribution is 2.25. The maximum atomic E-state index is 13.3. The Morgan fingerprint density at radius 2 is 1.73 bits per heavy atom. The molecular weight excluding hydrogens is 510 g/mol. The highest BCUT2D eigenvalue weighted by Gasteiger charge is 2.40. The summed E-state index contributed by atoms with van der Waals surface area (Å²) in [5.41, 5.74) is 4.05. The lowest BCUT2D eigenvalue weighted by atomic mass is 10.1. The number of hydrogen-bond acceptors (Lipinski definition) is 7. The van der Waals surface area contributed by atoms with Crippen molar-refractivity contribution in [2.24, 2.45) is 4.99 Å². The fraction of sp³-hybridized carbons (Fsp3) is 0.241. The van der Waals surface area contributed by atoms with Gasteiger partial charge in [-0.05, 0) is 69.2 Å². The summed E-state index contributed by atoms with van der Waals surface area (Å²) >= 11 is 0. The van der Waals surface area contributed by atoms with Crippen LogP contribution < -0.4 is 15.4 Å². The SMILES string of the molecule is COc1ccc2[nH]cc(CCN=C(NC(=O)[C@@H](C)N3C(=O)c4ccccc4C3=O)Nc3nc(C)cc(C)n3)c2c1. The summed E-state index contributed by atoms with van der Waals surface area (Å²) in [7, 11) is 1.62. The number of hydrogen-bond donors (Lipinski definition) is 3. The maximum absolute atomic E-state index is 13.3. The molecule has 3 heterocycles. The zero-order valence-electron chi connectivity index (χ0n) is 22.6. The number of H-pyrrole nitrogens is 1. The Kier molecular flexibility index (Phi) is 7.28. The van der Waals surface area contributed by atoms with E-state index in [1.807, 2.05) is 44.3 Å². The molecule has 0 radical (unpaired) electrons. The number of carbonyl (C=O) groups excluding carboxylic acids is 3. The van der Waals surface area contributed by atoms with Gasteiger partial charge >= 0.3 is 0 Å². The van der Waals surface area contributed by atoms with E-state index in [9.17, 15) is 14.4 Å². The van der Waals surface area contributed by atoms with E-state index in [4.69, 9.17) is 4.74 Å². The van der Waals surface area contributed by atoms with Crippen LogP contribution in [0, 0.1) is 13.8 Å². The van der Waals surface area contributed by atoms with Gasteiger partial charge in [-0.25, -0.2) is 9.97 Å². The van der Waals surface area contributed by atoms with Crippen LogP contribution in [0.5, 0.6) is 5.75 Å². The first kappa shape index (κ1) is 26.5. The molecule has 1 aliphatic heterocycles. The van der Waals surface area contributed by atoms with Gasteiger partial charge in [0.1, 0.15) is 11.8 Å². The monoisotopic (exact) mass is 539 g/mol. The number of anilines is 1.